The number of benzene rings is 2. The lowest BCUT2D eigenvalue weighted by Crippen LogP contribution is -1.99. The maximum atomic E-state index is 5.58. The molecule has 0 fully saturated rings. The first-order valence-corrected chi connectivity index (χ1v) is 9.85. The van der Waals surface area contributed by atoms with Gasteiger partial charge in [0.15, 0.2) is 10.9 Å². The number of aryl methyl sites for hydroxylation is 3. The van der Waals surface area contributed by atoms with Crippen LogP contribution in [0.3, 0.4) is 0 Å². The smallest absolute Gasteiger partial charge is 0.205 e. The molecule has 4 aromatic rings. The SMILES string of the molecule is Cc1ccc(-n2c(SCc3cc(C)ccc3C)nnc2-c2ccco2)cc1. The minimum absolute atomic E-state index is 0.710. The van der Waals surface area contributed by atoms with E-state index < -0.39 is 0 Å². The summed E-state index contributed by atoms with van der Waals surface area (Å²) >= 11 is 1.69. The zero-order valence-electron chi connectivity index (χ0n) is 15.6. The van der Waals surface area contributed by atoms with Crippen LogP contribution in [0.25, 0.3) is 17.3 Å². The van der Waals surface area contributed by atoms with E-state index in [0.717, 1.165) is 16.6 Å². The predicted molar refractivity (Wildman–Crippen MR) is 109 cm³/mol. The maximum Gasteiger partial charge on any atom is 0.205 e. The van der Waals surface area contributed by atoms with Gasteiger partial charge in [-0.1, -0.05) is 53.2 Å². The first-order valence-electron chi connectivity index (χ1n) is 8.87. The van der Waals surface area contributed by atoms with Crippen LogP contribution in [0.5, 0.6) is 0 Å². The molecule has 5 heteroatoms. The van der Waals surface area contributed by atoms with Crippen LogP contribution in [-0.4, -0.2) is 14.8 Å². The number of hydrogen-bond donors (Lipinski definition) is 0. The summed E-state index contributed by atoms with van der Waals surface area (Å²) in [5.41, 5.74) is 6.13. The lowest BCUT2D eigenvalue weighted by molar-refractivity contribution is 0.575. The summed E-state index contributed by atoms with van der Waals surface area (Å²) < 4.78 is 7.65. The van der Waals surface area contributed by atoms with Gasteiger partial charge in [-0.25, -0.2) is 0 Å². The lowest BCUT2D eigenvalue weighted by atomic mass is 10.1. The number of hydrogen-bond acceptors (Lipinski definition) is 4. The number of furan rings is 1. The standard InChI is InChI=1S/C22H21N3OS/c1-15-7-10-19(11-8-15)25-21(20-5-4-12-26-20)23-24-22(25)27-14-18-13-16(2)6-9-17(18)3/h4-13H,14H2,1-3H3. The summed E-state index contributed by atoms with van der Waals surface area (Å²) in [6.45, 7) is 6.35. The molecule has 0 N–H and O–H groups in total. The van der Waals surface area contributed by atoms with E-state index in [4.69, 9.17) is 4.42 Å². The van der Waals surface area contributed by atoms with Crippen LogP contribution in [0.1, 0.15) is 22.3 Å². The van der Waals surface area contributed by atoms with Gasteiger partial charge in [0.05, 0.1) is 6.26 Å². The van der Waals surface area contributed by atoms with E-state index in [9.17, 15) is 0 Å². The van der Waals surface area contributed by atoms with Crippen LogP contribution in [0, 0.1) is 20.8 Å². The molecule has 0 unspecified atom stereocenters. The minimum atomic E-state index is 0.710. The molecule has 4 rings (SSSR count). The molecule has 27 heavy (non-hydrogen) atoms. The number of nitrogens with zero attached hydrogens (tertiary/aromatic N) is 3. The Morgan fingerprint density at radius 1 is 0.926 bits per heavy atom. The summed E-state index contributed by atoms with van der Waals surface area (Å²) in [5, 5.41) is 9.71. The van der Waals surface area contributed by atoms with E-state index in [1.807, 2.05) is 12.1 Å². The fourth-order valence-corrected chi connectivity index (χ4v) is 3.97. The summed E-state index contributed by atoms with van der Waals surface area (Å²) in [7, 11) is 0. The number of thioether (sulfide) groups is 1. The van der Waals surface area contributed by atoms with E-state index in [1.165, 1.54) is 22.3 Å². The van der Waals surface area contributed by atoms with Crippen molar-refractivity contribution in [3.05, 3.63) is 83.1 Å². The van der Waals surface area contributed by atoms with Crippen molar-refractivity contribution in [3.63, 3.8) is 0 Å². The molecule has 0 aliphatic heterocycles. The van der Waals surface area contributed by atoms with Gasteiger partial charge in [-0.15, -0.1) is 10.2 Å². The Balaban J connectivity index is 1.72. The Kier molecular flexibility index (Phi) is 4.86. The van der Waals surface area contributed by atoms with E-state index in [0.29, 0.717) is 11.6 Å². The van der Waals surface area contributed by atoms with E-state index in [1.54, 1.807) is 18.0 Å². The lowest BCUT2D eigenvalue weighted by Gasteiger charge is -2.11. The largest absolute Gasteiger partial charge is 0.461 e. The highest BCUT2D eigenvalue weighted by Gasteiger charge is 2.18. The molecule has 2 heterocycles. The molecule has 0 amide bonds. The van der Waals surface area contributed by atoms with Gasteiger partial charge in [-0.05, 0) is 56.2 Å². The van der Waals surface area contributed by atoms with Crippen molar-refractivity contribution in [2.24, 2.45) is 0 Å². The number of aromatic nitrogens is 3. The molecule has 0 aliphatic rings. The average molecular weight is 375 g/mol. The molecular formula is C22H21N3OS. The fraction of sp³-hybridized carbons (Fsp3) is 0.182. The molecule has 0 saturated heterocycles. The van der Waals surface area contributed by atoms with Crippen molar-refractivity contribution in [2.75, 3.05) is 0 Å². The highest BCUT2D eigenvalue weighted by Crippen LogP contribution is 2.30. The predicted octanol–water partition coefficient (Wildman–Crippen LogP) is 5.74. The van der Waals surface area contributed by atoms with Gasteiger partial charge < -0.3 is 4.42 Å². The Labute approximate surface area is 163 Å². The molecule has 0 atom stereocenters. The summed E-state index contributed by atoms with van der Waals surface area (Å²) in [6, 6.07) is 18.7. The van der Waals surface area contributed by atoms with Gasteiger partial charge in [-0.3, -0.25) is 4.57 Å². The highest BCUT2D eigenvalue weighted by atomic mass is 32.2. The summed E-state index contributed by atoms with van der Waals surface area (Å²) in [4.78, 5) is 0. The van der Waals surface area contributed by atoms with Gasteiger partial charge in [-0.2, -0.15) is 0 Å². The van der Waals surface area contributed by atoms with Gasteiger partial charge in [0, 0.05) is 11.4 Å². The quantitative estimate of drug-likeness (QED) is 0.417. The van der Waals surface area contributed by atoms with Crippen molar-refractivity contribution in [2.45, 2.75) is 31.7 Å². The van der Waals surface area contributed by atoms with Gasteiger partial charge in [0.2, 0.25) is 5.82 Å². The second kappa shape index (κ2) is 7.45. The van der Waals surface area contributed by atoms with Crippen molar-refractivity contribution in [3.8, 4) is 17.3 Å². The van der Waals surface area contributed by atoms with Crippen LogP contribution >= 0.6 is 11.8 Å². The maximum absolute atomic E-state index is 5.58. The summed E-state index contributed by atoms with van der Waals surface area (Å²) in [6.07, 6.45) is 1.66. The Hall–Kier alpha value is -2.79. The fourth-order valence-electron chi connectivity index (χ4n) is 2.95. The molecule has 4 nitrogen and oxygen atoms in total. The first kappa shape index (κ1) is 17.6. The van der Waals surface area contributed by atoms with Gasteiger partial charge in [0.1, 0.15) is 0 Å². The Morgan fingerprint density at radius 3 is 2.44 bits per heavy atom. The van der Waals surface area contributed by atoms with Crippen LogP contribution < -0.4 is 0 Å². The monoisotopic (exact) mass is 375 g/mol. The molecule has 2 aromatic carbocycles. The number of rotatable bonds is 5. The molecule has 136 valence electrons. The molecule has 0 radical (unpaired) electrons. The molecular weight excluding hydrogens is 354 g/mol. The average Bonchev–Trinajstić information content (AvgIpc) is 3.32. The van der Waals surface area contributed by atoms with Crippen LogP contribution in [-0.2, 0) is 5.75 Å². The Bertz CT molecular complexity index is 1050. The van der Waals surface area contributed by atoms with Crippen LogP contribution in [0.15, 0.2) is 70.4 Å². The van der Waals surface area contributed by atoms with Gasteiger partial charge in [0.25, 0.3) is 0 Å². The van der Waals surface area contributed by atoms with Crippen molar-refractivity contribution in [1.29, 1.82) is 0 Å². The van der Waals surface area contributed by atoms with Crippen molar-refractivity contribution in [1.82, 2.24) is 14.8 Å². The zero-order valence-corrected chi connectivity index (χ0v) is 16.5. The molecule has 0 aliphatic carbocycles. The molecule has 2 aromatic heterocycles. The van der Waals surface area contributed by atoms with E-state index >= 15 is 0 Å². The topological polar surface area (TPSA) is 43.9 Å². The first-order chi connectivity index (χ1) is 13.1. The van der Waals surface area contributed by atoms with E-state index in [2.05, 4.69) is 78.0 Å². The van der Waals surface area contributed by atoms with Gasteiger partial charge >= 0.3 is 0 Å². The third-order valence-corrected chi connectivity index (χ3v) is 5.51. The minimum Gasteiger partial charge on any atom is -0.461 e. The van der Waals surface area contributed by atoms with Crippen LogP contribution in [0.2, 0.25) is 0 Å². The molecule has 0 saturated carbocycles. The third kappa shape index (κ3) is 3.69. The molecule has 0 bridgehead atoms. The summed E-state index contributed by atoms with van der Waals surface area (Å²) in [5.74, 6) is 2.27. The van der Waals surface area contributed by atoms with Crippen molar-refractivity contribution < 1.29 is 4.42 Å². The Morgan fingerprint density at radius 2 is 1.70 bits per heavy atom. The van der Waals surface area contributed by atoms with E-state index in [-0.39, 0.29) is 0 Å². The second-order valence-electron chi connectivity index (χ2n) is 6.67. The van der Waals surface area contributed by atoms with Crippen molar-refractivity contribution >= 4 is 11.8 Å². The van der Waals surface area contributed by atoms with Crippen LogP contribution in [0.4, 0.5) is 0 Å². The molecule has 0 spiro atoms. The third-order valence-electron chi connectivity index (χ3n) is 4.53. The second-order valence-corrected chi connectivity index (χ2v) is 7.62. The zero-order chi connectivity index (χ0) is 18.8. The normalized spacial score (nSPS) is 11.1. The highest BCUT2D eigenvalue weighted by molar-refractivity contribution is 7.98.